The van der Waals surface area contributed by atoms with E-state index >= 15 is 0 Å². The third-order valence-electron chi connectivity index (χ3n) is 5.38. The molecule has 5 heterocycles. The fourth-order valence-electron chi connectivity index (χ4n) is 4.20. The number of rotatable bonds is 4. The van der Waals surface area contributed by atoms with E-state index in [9.17, 15) is 0 Å². The molecule has 5 rings (SSSR count). The summed E-state index contributed by atoms with van der Waals surface area (Å²) in [6, 6.07) is 6.00. The van der Waals surface area contributed by atoms with Gasteiger partial charge in [-0.2, -0.15) is 0 Å². The third kappa shape index (κ3) is 2.44. The molecule has 1 saturated heterocycles. The highest BCUT2D eigenvalue weighted by Crippen LogP contribution is 2.41. The summed E-state index contributed by atoms with van der Waals surface area (Å²) in [5.41, 5.74) is 3.49. The number of nitrogens with zero attached hydrogens (tertiary/aromatic N) is 4. The monoisotopic (exact) mass is 336 g/mol. The van der Waals surface area contributed by atoms with Gasteiger partial charge in [0.05, 0.1) is 31.5 Å². The number of furan rings is 1. The van der Waals surface area contributed by atoms with E-state index < -0.39 is 0 Å². The Labute approximate surface area is 146 Å². The van der Waals surface area contributed by atoms with Crippen molar-refractivity contribution in [3.05, 3.63) is 54.5 Å². The molecule has 0 aliphatic carbocycles. The van der Waals surface area contributed by atoms with Crippen LogP contribution in [0, 0.1) is 5.92 Å². The molecule has 0 aromatic carbocycles. The summed E-state index contributed by atoms with van der Waals surface area (Å²) in [6.07, 6.45) is 7.42. The van der Waals surface area contributed by atoms with Crippen molar-refractivity contribution in [2.24, 2.45) is 5.92 Å². The minimum absolute atomic E-state index is 0.520. The molecule has 3 aromatic rings. The summed E-state index contributed by atoms with van der Waals surface area (Å²) < 4.78 is 12.7. The largest absolute Gasteiger partial charge is 0.481 e. The van der Waals surface area contributed by atoms with Gasteiger partial charge < -0.3 is 13.7 Å². The summed E-state index contributed by atoms with van der Waals surface area (Å²) in [5, 5.41) is 0. The van der Waals surface area contributed by atoms with Gasteiger partial charge in [-0.15, -0.1) is 0 Å². The van der Waals surface area contributed by atoms with Crippen molar-refractivity contribution in [3.63, 3.8) is 0 Å². The first kappa shape index (κ1) is 14.7. The molecule has 0 bridgehead atoms. The Bertz CT molecular complexity index is 869. The molecule has 0 amide bonds. The van der Waals surface area contributed by atoms with E-state index in [2.05, 4.69) is 20.5 Å². The molecule has 6 heteroatoms. The molecule has 0 N–H and O–H groups in total. The van der Waals surface area contributed by atoms with Crippen molar-refractivity contribution in [3.8, 4) is 17.1 Å². The minimum atomic E-state index is 0.520. The van der Waals surface area contributed by atoms with Crippen LogP contribution in [0.1, 0.15) is 17.3 Å². The maximum absolute atomic E-state index is 5.19. The van der Waals surface area contributed by atoms with Crippen LogP contribution in [0.3, 0.4) is 0 Å². The summed E-state index contributed by atoms with van der Waals surface area (Å²) >= 11 is 0. The number of imidazole rings is 1. The van der Waals surface area contributed by atoms with Gasteiger partial charge in [0.2, 0.25) is 5.88 Å². The zero-order chi connectivity index (χ0) is 16.8. The van der Waals surface area contributed by atoms with E-state index in [1.807, 2.05) is 30.8 Å². The van der Waals surface area contributed by atoms with Crippen LogP contribution in [0.15, 0.2) is 47.5 Å². The molecule has 0 spiro atoms. The first-order valence-corrected chi connectivity index (χ1v) is 8.61. The summed E-state index contributed by atoms with van der Waals surface area (Å²) in [5.74, 6) is 3.01. The van der Waals surface area contributed by atoms with E-state index in [0.717, 1.165) is 37.4 Å². The lowest BCUT2D eigenvalue weighted by Crippen LogP contribution is -2.22. The number of likely N-dealkylation sites (tertiary alicyclic amines) is 1. The van der Waals surface area contributed by atoms with Crippen molar-refractivity contribution in [2.45, 2.75) is 19.0 Å². The molecule has 25 heavy (non-hydrogen) atoms. The maximum Gasteiger partial charge on any atom is 0.212 e. The number of hydrogen-bond donors (Lipinski definition) is 0. The molecular formula is C19H20N4O2. The van der Waals surface area contributed by atoms with Gasteiger partial charge in [-0.1, -0.05) is 0 Å². The molecule has 1 fully saturated rings. The van der Waals surface area contributed by atoms with Crippen LogP contribution in [0.25, 0.3) is 11.3 Å². The Morgan fingerprint density at radius 1 is 1.16 bits per heavy atom. The van der Waals surface area contributed by atoms with E-state index in [-0.39, 0.29) is 0 Å². The Morgan fingerprint density at radius 2 is 2.12 bits per heavy atom. The van der Waals surface area contributed by atoms with Crippen LogP contribution >= 0.6 is 0 Å². The molecular weight excluding hydrogens is 316 g/mol. The highest BCUT2D eigenvalue weighted by atomic mass is 16.5. The van der Waals surface area contributed by atoms with E-state index in [1.54, 1.807) is 13.4 Å². The predicted molar refractivity (Wildman–Crippen MR) is 92.2 cm³/mol. The lowest BCUT2D eigenvalue weighted by Gasteiger charge is -2.16. The summed E-state index contributed by atoms with van der Waals surface area (Å²) in [6.45, 7) is 4.16. The normalized spacial score (nSPS) is 22.1. The number of hydrogen-bond acceptors (Lipinski definition) is 5. The fourth-order valence-corrected chi connectivity index (χ4v) is 4.20. The van der Waals surface area contributed by atoms with Crippen LogP contribution in [0.4, 0.5) is 0 Å². The first-order chi connectivity index (χ1) is 12.3. The average molecular weight is 336 g/mol. The van der Waals surface area contributed by atoms with Gasteiger partial charge in [-0.3, -0.25) is 4.90 Å². The predicted octanol–water partition coefficient (Wildman–Crippen LogP) is 2.78. The standard InChI is InChI=1S/C19H20N4O2/c1-24-18-3-2-14(6-20-18)17-7-21-19-16-11-22(8-13-4-5-25-12-13)9-15(16)10-23(17)19/h2-7,12,15-16H,8-11H2,1H3/t15-,16-/m0/s1. The van der Waals surface area contributed by atoms with Gasteiger partial charge in [0.1, 0.15) is 5.82 Å². The fraction of sp³-hybridized carbons (Fsp3) is 0.368. The summed E-state index contributed by atoms with van der Waals surface area (Å²) in [4.78, 5) is 11.6. The molecule has 2 aliphatic rings. The Morgan fingerprint density at radius 3 is 2.88 bits per heavy atom. The molecule has 0 saturated carbocycles. The quantitative estimate of drug-likeness (QED) is 0.733. The van der Waals surface area contributed by atoms with Crippen LogP contribution in [-0.4, -0.2) is 39.6 Å². The van der Waals surface area contributed by atoms with Crippen molar-refractivity contribution in [2.75, 3.05) is 20.2 Å². The Hall–Kier alpha value is -2.60. The topological polar surface area (TPSA) is 56.3 Å². The van der Waals surface area contributed by atoms with Crippen LogP contribution in [0.2, 0.25) is 0 Å². The second kappa shape index (κ2) is 5.74. The Kier molecular flexibility index (Phi) is 3.38. The Balaban J connectivity index is 1.37. The van der Waals surface area contributed by atoms with Gasteiger partial charge >= 0.3 is 0 Å². The number of fused-ring (bicyclic) bond motifs is 3. The van der Waals surface area contributed by atoms with Crippen molar-refractivity contribution in [1.82, 2.24) is 19.4 Å². The number of methoxy groups -OCH3 is 1. The summed E-state index contributed by atoms with van der Waals surface area (Å²) in [7, 11) is 1.63. The van der Waals surface area contributed by atoms with Crippen LogP contribution < -0.4 is 4.74 Å². The van der Waals surface area contributed by atoms with Gasteiger partial charge in [0.25, 0.3) is 0 Å². The van der Waals surface area contributed by atoms with E-state index in [4.69, 9.17) is 14.1 Å². The van der Waals surface area contributed by atoms with Crippen molar-refractivity contribution < 1.29 is 9.15 Å². The molecule has 2 aliphatic heterocycles. The third-order valence-corrected chi connectivity index (χ3v) is 5.38. The molecule has 2 atom stereocenters. The molecule has 128 valence electrons. The van der Waals surface area contributed by atoms with Crippen LogP contribution in [-0.2, 0) is 13.1 Å². The van der Waals surface area contributed by atoms with Gasteiger partial charge in [-0.25, -0.2) is 9.97 Å². The highest BCUT2D eigenvalue weighted by Gasteiger charge is 2.42. The maximum atomic E-state index is 5.19. The molecule has 0 radical (unpaired) electrons. The zero-order valence-corrected chi connectivity index (χ0v) is 14.1. The minimum Gasteiger partial charge on any atom is -0.481 e. The zero-order valence-electron chi connectivity index (χ0n) is 14.1. The molecule has 0 unspecified atom stereocenters. The molecule has 6 nitrogen and oxygen atoms in total. The lowest BCUT2D eigenvalue weighted by atomic mass is 9.99. The smallest absolute Gasteiger partial charge is 0.212 e. The van der Waals surface area contributed by atoms with Crippen molar-refractivity contribution in [1.29, 1.82) is 0 Å². The van der Waals surface area contributed by atoms with Crippen molar-refractivity contribution >= 4 is 0 Å². The number of pyridine rings is 1. The SMILES string of the molecule is COc1ccc(-c2cnc3n2C[C@@H]2CN(Cc4ccoc4)C[C@H]32)cn1. The first-order valence-electron chi connectivity index (χ1n) is 8.61. The van der Waals surface area contributed by atoms with Crippen LogP contribution in [0.5, 0.6) is 5.88 Å². The van der Waals surface area contributed by atoms with E-state index in [1.165, 1.54) is 11.4 Å². The van der Waals surface area contributed by atoms with Gasteiger partial charge in [-0.05, 0) is 12.1 Å². The van der Waals surface area contributed by atoms with Gasteiger partial charge in [0, 0.05) is 61.4 Å². The van der Waals surface area contributed by atoms with Gasteiger partial charge in [0.15, 0.2) is 0 Å². The van der Waals surface area contributed by atoms with E-state index in [0.29, 0.717) is 17.7 Å². The number of aromatic nitrogens is 3. The second-order valence-electron chi connectivity index (χ2n) is 6.89. The highest BCUT2D eigenvalue weighted by molar-refractivity contribution is 5.59. The second-order valence-corrected chi connectivity index (χ2v) is 6.89. The average Bonchev–Trinajstić information content (AvgIpc) is 3.38. The lowest BCUT2D eigenvalue weighted by molar-refractivity contribution is 0.305. The number of ether oxygens (including phenoxy) is 1. The molecule has 3 aromatic heterocycles.